The minimum Gasteiger partial charge on any atom is -0.503 e. The Morgan fingerprint density at radius 1 is 1.50 bits per heavy atom. The van der Waals surface area contributed by atoms with Gasteiger partial charge in [-0.25, -0.2) is 9.45 Å². The van der Waals surface area contributed by atoms with Crippen molar-refractivity contribution in [3.05, 3.63) is 46.5 Å². The summed E-state index contributed by atoms with van der Waals surface area (Å²) in [6, 6.07) is 4.64. The first-order chi connectivity index (χ1) is 10.3. The van der Waals surface area contributed by atoms with E-state index < -0.39 is 23.4 Å². The zero-order valence-electron chi connectivity index (χ0n) is 12.6. The van der Waals surface area contributed by atoms with E-state index in [4.69, 9.17) is 4.84 Å². The SMILES string of the molecule is CON(Cc1ccc(C)cc1F)C(=O)C1=C(O)C(=O)N(C)C1. The molecule has 1 aliphatic rings. The standard InChI is InChI=1S/C15H17FN2O4/c1-9-4-5-10(12(16)6-9)7-18(22-3)14(20)11-8-17(2)15(21)13(11)19/h4-6,19H,7-8H2,1-3H3. The molecule has 2 amide bonds. The number of rotatable bonds is 4. The lowest BCUT2D eigenvalue weighted by atomic mass is 10.1. The molecular weight excluding hydrogens is 291 g/mol. The maximum atomic E-state index is 13.9. The molecule has 118 valence electrons. The van der Waals surface area contributed by atoms with Crippen LogP contribution in [0.25, 0.3) is 0 Å². The van der Waals surface area contributed by atoms with Crippen LogP contribution in [0.1, 0.15) is 11.1 Å². The van der Waals surface area contributed by atoms with E-state index in [1.807, 2.05) is 0 Å². The Morgan fingerprint density at radius 3 is 2.68 bits per heavy atom. The smallest absolute Gasteiger partial charge is 0.289 e. The Morgan fingerprint density at radius 2 is 2.18 bits per heavy atom. The van der Waals surface area contributed by atoms with Crippen molar-refractivity contribution in [3.8, 4) is 0 Å². The number of aliphatic hydroxyl groups excluding tert-OH is 1. The normalized spacial score (nSPS) is 14.7. The van der Waals surface area contributed by atoms with Gasteiger partial charge in [-0.3, -0.25) is 14.4 Å². The molecule has 1 N–H and O–H groups in total. The lowest BCUT2D eigenvalue weighted by molar-refractivity contribution is -0.175. The van der Waals surface area contributed by atoms with E-state index in [1.54, 1.807) is 19.1 Å². The van der Waals surface area contributed by atoms with E-state index in [0.29, 0.717) is 0 Å². The Hall–Kier alpha value is -2.41. The molecular formula is C15H17FN2O4. The molecule has 1 aromatic rings. The number of halogens is 1. The van der Waals surface area contributed by atoms with Gasteiger partial charge in [-0.1, -0.05) is 12.1 Å². The Bertz CT molecular complexity index is 657. The second kappa shape index (κ2) is 6.15. The summed E-state index contributed by atoms with van der Waals surface area (Å²) < 4.78 is 13.9. The average molecular weight is 308 g/mol. The third-order valence-electron chi connectivity index (χ3n) is 3.46. The van der Waals surface area contributed by atoms with Crippen LogP contribution in [0.5, 0.6) is 0 Å². The monoisotopic (exact) mass is 308 g/mol. The number of aryl methyl sites for hydroxylation is 1. The summed E-state index contributed by atoms with van der Waals surface area (Å²) in [6.45, 7) is 1.62. The highest BCUT2D eigenvalue weighted by Crippen LogP contribution is 2.20. The molecule has 0 aromatic heterocycles. The summed E-state index contributed by atoms with van der Waals surface area (Å²) >= 11 is 0. The summed E-state index contributed by atoms with van der Waals surface area (Å²) in [7, 11) is 2.73. The summed E-state index contributed by atoms with van der Waals surface area (Å²) in [4.78, 5) is 30.1. The predicted molar refractivity (Wildman–Crippen MR) is 76.0 cm³/mol. The summed E-state index contributed by atoms with van der Waals surface area (Å²) in [5, 5.41) is 10.6. The number of hydrogen-bond acceptors (Lipinski definition) is 4. The third-order valence-corrected chi connectivity index (χ3v) is 3.46. The van der Waals surface area contributed by atoms with Gasteiger partial charge in [0.05, 0.1) is 25.8 Å². The van der Waals surface area contributed by atoms with Crippen LogP contribution in [-0.2, 0) is 21.0 Å². The molecule has 0 atom stereocenters. The van der Waals surface area contributed by atoms with Crippen LogP contribution in [0.2, 0.25) is 0 Å². The van der Waals surface area contributed by atoms with Crippen molar-refractivity contribution >= 4 is 11.8 Å². The van der Waals surface area contributed by atoms with E-state index >= 15 is 0 Å². The zero-order valence-corrected chi connectivity index (χ0v) is 12.6. The highest BCUT2D eigenvalue weighted by atomic mass is 19.1. The molecule has 2 rings (SSSR count). The molecule has 6 nitrogen and oxygen atoms in total. The Balaban J connectivity index is 2.22. The second-order valence-corrected chi connectivity index (χ2v) is 5.11. The number of likely N-dealkylation sites (N-methyl/N-ethyl adjacent to an activating group) is 1. The largest absolute Gasteiger partial charge is 0.503 e. The second-order valence-electron chi connectivity index (χ2n) is 5.11. The van der Waals surface area contributed by atoms with Crippen molar-refractivity contribution in [2.24, 2.45) is 0 Å². The van der Waals surface area contributed by atoms with E-state index in [1.165, 1.54) is 25.1 Å². The maximum absolute atomic E-state index is 13.9. The quantitative estimate of drug-likeness (QED) is 0.851. The molecule has 0 saturated heterocycles. The molecule has 1 aliphatic heterocycles. The van der Waals surface area contributed by atoms with Gasteiger partial charge in [0.25, 0.3) is 11.8 Å². The van der Waals surface area contributed by atoms with Crippen LogP contribution in [0.4, 0.5) is 4.39 Å². The topological polar surface area (TPSA) is 70.1 Å². The fraction of sp³-hybridized carbons (Fsp3) is 0.333. The predicted octanol–water partition coefficient (Wildman–Crippen LogP) is 1.31. The highest BCUT2D eigenvalue weighted by Gasteiger charge is 2.34. The number of nitrogens with zero attached hydrogens (tertiary/aromatic N) is 2. The van der Waals surface area contributed by atoms with E-state index in [-0.39, 0.29) is 24.2 Å². The van der Waals surface area contributed by atoms with Crippen molar-refractivity contribution in [2.75, 3.05) is 20.7 Å². The Labute approximate surface area is 127 Å². The lowest BCUT2D eigenvalue weighted by Gasteiger charge is -2.20. The lowest BCUT2D eigenvalue weighted by Crippen LogP contribution is -2.33. The highest BCUT2D eigenvalue weighted by molar-refractivity contribution is 6.06. The van der Waals surface area contributed by atoms with Crippen LogP contribution >= 0.6 is 0 Å². The van der Waals surface area contributed by atoms with Gasteiger partial charge in [0.1, 0.15) is 5.82 Å². The molecule has 0 spiro atoms. The van der Waals surface area contributed by atoms with Gasteiger partial charge in [0.2, 0.25) is 0 Å². The molecule has 1 aromatic carbocycles. The molecule has 0 fully saturated rings. The molecule has 1 heterocycles. The van der Waals surface area contributed by atoms with Gasteiger partial charge in [-0.15, -0.1) is 0 Å². The minimum atomic E-state index is -0.669. The van der Waals surface area contributed by atoms with Crippen molar-refractivity contribution in [3.63, 3.8) is 0 Å². The molecule has 0 aliphatic carbocycles. The first kappa shape index (κ1) is 16.0. The number of benzene rings is 1. The first-order valence-electron chi connectivity index (χ1n) is 6.63. The van der Waals surface area contributed by atoms with Crippen molar-refractivity contribution in [1.82, 2.24) is 9.96 Å². The van der Waals surface area contributed by atoms with Gasteiger partial charge in [-0.2, -0.15) is 0 Å². The molecule has 22 heavy (non-hydrogen) atoms. The summed E-state index contributed by atoms with van der Waals surface area (Å²) in [5.41, 5.74) is 0.973. The Kier molecular flexibility index (Phi) is 4.46. The van der Waals surface area contributed by atoms with Crippen LogP contribution in [-0.4, -0.2) is 47.6 Å². The minimum absolute atomic E-state index is 0.0141. The van der Waals surface area contributed by atoms with Crippen LogP contribution in [0, 0.1) is 12.7 Å². The number of carbonyl (C=O) groups excluding carboxylic acids is 2. The first-order valence-corrected chi connectivity index (χ1v) is 6.63. The maximum Gasteiger partial charge on any atom is 0.289 e. The zero-order chi connectivity index (χ0) is 16.4. The summed E-state index contributed by atoms with van der Waals surface area (Å²) in [5.74, 6) is -2.34. The number of aliphatic hydroxyl groups is 1. The van der Waals surface area contributed by atoms with Gasteiger partial charge in [0, 0.05) is 12.6 Å². The van der Waals surface area contributed by atoms with Gasteiger partial charge >= 0.3 is 0 Å². The number of hydrogen-bond donors (Lipinski definition) is 1. The van der Waals surface area contributed by atoms with Gasteiger partial charge in [0.15, 0.2) is 5.76 Å². The fourth-order valence-corrected chi connectivity index (χ4v) is 2.17. The molecule has 7 heteroatoms. The van der Waals surface area contributed by atoms with E-state index in [9.17, 15) is 19.1 Å². The number of hydroxylamine groups is 2. The third kappa shape index (κ3) is 2.94. The van der Waals surface area contributed by atoms with Crippen LogP contribution < -0.4 is 0 Å². The van der Waals surface area contributed by atoms with Gasteiger partial charge in [-0.05, 0) is 18.6 Å². The average Bonchev–Trinajstić information content (AvgIpc) is 2.73. The number of amides is 2. The van der Waals surface area contributed by atoms with Crippen molar-refractivity contribution in [1.29, 1.82) is 0 Å². The van der Waals surface area contributed by atoms with Crippen molar-refractivity contribution < 1.29 is 23.9 Å². The van der Waals surface area contributed by atoms with Crippen molar-refractivity contribution in [2.45, 2.75) is 13.5 Å². The summed E-state index contributed by atoms with van der Waals surface area (Å²) in [6.07, 6.45) is 0. The molecule has 0 saturated carbocycles. The fourth-order valence-electron chi connectivity index (χ4n) is 2.17. The van der Waals surface area contributed by atoms with E-state index in [0.717, 1.165) is 10.6 Å². The van der Waals surface area contributed by atoms with Crippen LogP contribution in [0.15, 0.2) is 29.5 Å². The molecule has 0 unspecified atom stereocenters. The van der Waals surface area contributed by atoms with Crippen LogP contribution in [0.3, 0.4) is 0 Å². The van der Waals surface area contributed by atoms with E-state index in [2.05, 4.69) is 0 Å². The van der Waals surface area contributed by atoms with Gasteiger partial charge < -0.3 is 10.0 Å². The molecule has 0 bridgehead atoms. The molecule has 0 radical (unpaired) electrons. The number of carbonyl (C=O) groups is 2.